The van der Waals surface area contributed by atoms with Crippen LogP contribution in [0.5, 0.6) is 11.5 Å². The first-order valence-corrected chi connectivity index (χ1v) is 6.61. The smallest absolute Gasteiger partial charge is 0.260 e. The number of methoxy groups -OCH3 is 1. The zero-order chi connectivity index (χ0) is 14.3. The summed E-state index contributed by atoms with van der Waals surface area (Å²) in [5, 5.41) is 2.87. The number of carbonyl (C=O) groups excluding carboxylic acids is 1. The van der Waals surface area contributed by atoms with Gasteiger partial charge in [-0.2, -0.15) is 0 Å². The minimum atomic E-state index is -0.499. The molecule has 0 unspecified atom stereocenters. The third-order valence-electron chi connectivity index (χ3n) is 2.76. The summed E-state index contributed by atoms with van der Waals surface area (Å²) >= 11 is 0. The van der Waals surface area contributed by atoms with Gasteiger partial charge in [0.25, 0.3) is 5.91 Å². The average molecular weight is 265 g/mol. The molecule has 1 aromatic carbocycles. The summed E-state index contributed by atoms with van der Waals surface area (Å²) in [7, 11) is 1.61. The second kappa shape index (κ2) is 7.67. The Balaban J connectivity index is 2.40. The van der Waals surface area contributed by atoms with Crippen molar-refractivity contribution in [2.24, 2.45) is 5.92 Å². The predicted octanol–water partition coefficient (Wildman–Crippen LogP) is 2.62. The Morgan fingerprint density at radius 3 is 2.26 bits per heavy atom. The third-order valence-corrected chi connectivity index (χ3v) is 2.76. The number of hydrogen-bond acceptors (Lipinski definition) is 3. The van der Waals surface area contributed by atoms with Crippen molar-refractivity contribution in [1.29, 1.82) is 0 Å². The van der Waals surface area contributed by atoms with Gasteiger partial charge in [-0.15, -0.1) is 0 Å². The van der Waals surface area contributed by atoms with E-state index in [0.717, 1.165) is 12.2 Å². The van der Waals surface area contributed by atoms with Gasteiger partial charge in [-0.25, -0.2) is 0 Å². The van der Waals surface area contributed by atoms with Crippen molar-refractivity contribution >= 4 is 5.91 Å². The minimum absolute atomic E-state index is 0.0866. The first-order valence-electron chi connectivity index (χ1n) is 6.61. The van der Waals surface area contributed by atoms with Gasteiger partial charge in [-0.1, -0.05) is 13.8 Å². The summed E-state index contributed by atoms with van der Waals surface area (Å²) in [6.07, 6.45) is 0.474. The molecule has 1 rings (SSSR count). The number of amides is 1. The molecule has 106 valence electrons. The maximum atomic E-state index is 11.8. The molecular formula is C15H23NO3. The molecule has 1 N–H and O–H groups in total. The van der Waals surface area contributed by atoms with E-state index in [0.29, 0.717) is 18.2 Å². The molecule has 4 nitrogen and oxygen atoms in total. The largest absolute Gasteiger partial charge is 0.497 e. The molecule has 4 heteroatoms. The van der Waals surface area contributed by atoms with Gasteiger partial charge < -0.3 is 14.8 Å². The van der Waals surface area contributed by atoms with Crippen LogP contribution in [-0.2, 0) is 4.79 Å². The molecule has 19 heavy (non-hydrogen) atoms. The van der Waals surface area contributed by atoms with Crippen LogP contribution in [0.4, 0.5) is 0 Å². The van der Waals surface area contributed by atoms with Crippen LogP contribution in [0.1, 0.15) is 27.2 Å². The molecule has 0 bridgehead atoms. The van der Waals surface area contributed by atoms with E-state index in [2.05, 4.69) is 19.2 Å². The molecule has 0 heterocycles. The Bertz CT molecular complexity index is 387. The van der Waals surface area contributed by atoms with Crippen molar-refractivity contribution in [3.05, 3.63) is 24.3 Å². The molecule has 0 aliphatic carbocycles. The van der Waals surface area contributed by atoms with Crippen LogP contribution in [-0.4, -0.2) is 25.7 Å². The minimum Gasteiger partial charge on any atom is -0.497 e. The second-order valence-electron chi connectivity index (χ2n) is 4.91. The Kier molecular flexibility index (Phi) is 6.19. The fraction of sp³-hybridized carbons (Fsp3) is 0.533. The van der Waals surface area contributed by atoms with E-state index >= 15 is 0 Å². The van der Waals surface area contributed by atoms with Gasteiger partial charge in [0.15, 0.2) is 6.10 Å². The Morgan fingerprint density at radius 1 is 1.16 bits per heavy atom. The summed E-state index contributed by atoms with van der Waals surface area (Å²) in [6, 6.07) is 7.19. The molecule has 0 spiro atoms. The van der Waals surface area contributed by atoms with Crippen molar-refractivity contribution in [3.8, 4) is 11.5 Å². The normalized spacial score (nSPS) is 12.1. The van der Waals surface area contributed by atoms with Crippen molar-refractivity contribution in [2.75, 3.05) is 13.7 Å². The number of benzene rings is 1. The first-order chi connectivity index (χ1) is 9.02. The van der Waals surface area contributed by atoms with E-state index in [1.807, 2.05) is 0 Å². The number of carbonyl (C=O) groups is 1. The molecule has 1 atom stereocenters. The highest BCUT2D eigenvalue weighted by Gasteiger charge is 2.14. The fourth-order valence-corrected chi connectivity index (χ4v) is 1.54. The van der Waals surface area contributed by atoms with E-state index in [-0.39, 0.29) is 5.91 Å². The molecule has 1 aromatic rings. The molecule has 1 amide bonds. The average Bonchev–Trinajstić information content (AvgIpc) is 2.39. The van der Waals surface area contributed by atoms with E-state index < -0.39 is 6.10 Å². The van der Waals surface area contributed by atoms with Crippen LogP contribution in [0.25, 0.3) is 0 Å². The van der Waals surface area contributed by atoms with Crippen molar-refractivity contribution in [1.82, 2.24) is 5.32 Å². The lowest BCUT2D eigenvalue weighted by molar-refractivity contribution is -0.127. The maximum Gasteiger partial charge on any atom is 0.260 e. The van der Waals surface area contributed by atoms with E-state index in [1.165, 1.54) is 0 Å². The lowest BCUT2D eigenvalue weighted by Crippen LogP contribution is -2.37. The van der Waals surface area contributed by atoms with Gasteiger partial charge >= 0.3 is 0 Å². The quantitative estimate of drug-likeness (QED) is 0.824. The number of nitrogens with one attached hydrogen (secondary N) is 1. The van der Waals surface area contributed by atoms with Crippen LogP contribution in [0.3, 0.4) is 0 Å². The van der Waals surface area contributed by atoms with Gasteiger partial charge in [0.05, 0.1) is 7.11 Å². The fourth-order valence-electron chi connectivity index (χ4n) is 1.54. The van der Waals surface area contributed by atoms with E-state index in [1.54, 1.807) is 38.3 Å². The van der Waals surface area contributed by atoms with Gasteiger partial charge in [-0.05, 0) is 43.5 Å². The maximum absolute atomic E-state index is 11.8. The highest BCUT2D eigenvalue weighted by Crippen LogP contribution is 2.18. The predicted molar refractivity (Wildman–Crippen MR) is 75.5 cm³/mol. The molecule has 0 saturated carbocycles. The summed E-state index contributed by atoms with van der Waals surface area (Å²) < 4.78 is 10.6. The van der Waals surface area contributed by atoms with Crippen LogP contribution in [0.15, 0.2) is 24.3 Å². The van der Waals surface area contributed by atoms with Gasteiger partial charge in [0, 0.05) is 6.54 Å². The van der Waals surface area contributed by atoms with Crippen LogP contribution in [0.2, 0.25) is 0 Å². The topological polar surface area (TPSA) is 47.6 Å². The van der Waals surface area contributed by atoms with Crippen molar-refractivity contribution in [3.63, 3.8) is 0 Å². The molecule has 0 saturated heterocycles. The lowest BCUT2D eigenvalue weighted by atomic mass is 10.1. The zero-order valence-electron chi connectivity index (χ0n) is 12.1. The number of hydrogen-bond donors (Lipinski definition) is 1. The third kappa shape index (κ3) is 5.64. The van der Waals surface area contributed by atoms with Crippen LogP contribution in [0, 0.1) is 5.92 Å². The molecule has 0 fully saturated rings. The molecule has 0 aliphatic heterocycles. The Hall–Kier alpha value is -1.71. The summed E-state index contributed by atoms with van der Waals surface area (Å²) in [5.41, 5.74) is 0. The molecule has 0 aromatic heterocycles. The monoisotopic (exact) mass is 265 g/mol. The van der Waals surface area contributed by atoms with Gasteiger partial charge in [0.2, 0.25) is 0 Å². The summed E-state index contributed by atoms with van der Waals surface area (Å²) in [5.74, 6) is 1.92. The Morgan fingerprint density at radius 2 is 1.74 bits per heavy atom. The number of rotatable bonds is 7. The highest BCUT2D eigenvalue weighted by atomic mass is 16.5. The van der Waals surface area contributed by atoms with Crippen molar-refractivity contribution in [2.45, 2.75) is 33.3 Å². The lowest BCUT2D eigenvalue weighted by Gasteiger charge is -2.15. The molecule has 0 aliphatic rings. The summed E-state index contributed by atoms with van der Waals surface area (Å²) in [6.45, 7) is 6.69. The van der Waals surface area contributed by atoms with E-state index in [9.17, 15) is 4.79 Å². The highest BCUT2D eigenvalue weighted by molar-refractivity contribution is 5.80. The molecule has 0 radical (unpaired) electrons. The van der Waals surface area contributed by atoms with Gasteiger partial charge in [0.1, 0.15) is 11.5 Å². The van der Waals surface area contributed by atoms with Crippen LogP contribution >= 0.6 is 0 Å². The second-order valence-corrected chi connectivity index (χ2v) is 4.91. The molecular weight excluding hydrogens is 242 g/mol. The first kappa shape index (κ1) is 15.3. The zero-order valence-corrected chi connectivity index (χ0v) is 12.1. The van der Waals surface area contributed by atoms with E-state index in [4.69, 9.17) is 9.47 Å². The SMILES string of the molecule is COc1ccc(O[C@@H](C)C(=O)NCCC(C)C)cc1. The van der Waals surface area contributed by atoms with Crippen molar-refractivity contribution < 1.29 is 14.3 Å². The van der Waals surface area contributed by atoms with Crippen LogP contribution < -0.4 is 14.8 Å². The van der Waals surface area contributed by atoms with Gasteiger partial charge in [-0.3, -0.25) is 4.79 Å². The standard InChI is InChI=1S/C15H23NO3/c1-11(2)9-10-16-15(17)12(3)19-14-7-5-13(18-4)6-8-14/h5-8,11-12H,9-10H2,1-4H3,(H,16,17)/t12-/m0/s1. The summed E-state index contributed by atoms with van der Waals surface area (Å²) in [4.78, 5) is 11.8. The number of ether oxygens (including phenoxy) is 2. The Labute approximate surface area is 115 Å².